The van der Waals surface area contributed by atoms with E-state index in [2.05, 4.69) is 35.8 Å². The van der Waals surface area contributed by atoms with Crippen molar-refractivity contribution in [3.63, 3.8) is 0 Å². The quantitative estimate of drug-likeness (QED) is 0.158. The average molecular weight is 614 g/mol. The van der Waals surface area contributed by atoms with Crippen molar-refractivity contribution in [2.75, 3.05) is 18.5 Å². The number of benzene rings is 2. The summed E-state index contributed by atoms with van der Waals surface area (Å²) in [7, 11) is 0. The Morgan fingerprint density at radius 1 is 1.13 bits per heavy atom. The monoisotopic (exact) mass is 613 g/mol. The van der Waals surface area contributed by atoms with E-state index in [1.165, 1.54) is 6.20 Å². The molecule has 0 saturated heterocycles. The third-order valence-electron chi connectivity index (χ3n) is 6.77. The van der Waals surface area contributed by atoms with Crippen molar-refractivity contribution >= 4 is 35.7 Å². The van der Waals surface area contributed by atoms with Crippen LogP contribution in [0.15, 0.2) is 64.1 Å². The predicted molar refractivity (Wildman–Crippen MR) is 166 cm³/mol. The molecule has 234 valence electrons. The van der Waals surface area contributed by atoms with Crippen LogP contribution in [0, 0.1) is 0 Å². The molecule has 1 atom stereocenters. The van der Waals surface area contributed by atoms with Crippen LogP contribution in [0.4, 0.5) is 22.2 Å². The number of nitrogens with zero attached hydrogens (tertiary/aromatic N) is 5. The van der Waals surface area contributed by atoms with Crippen molar-refractivity contribution in [2.45, 2.75) is 58.2 Å². The molecule has 3 N–H and O–H groups in total. The first kappa shape index (κ1) is 31.3. The maximum Gasteiger partial charge on any atom is 0.407 e. The summed E-state index contributed by atoms with van der Waals surface area (Å²) >= 11 is 0. The molecule has 13 heteroatoms. The van der Waals surface area contributed by atoms with Crippen LogP contribution < -0.4 is 10.6 Å². The van der Waals surface area contributed by atoms with Gasteiger partial charge in [-0.3, -0.25) is 0 Å². The molecular weight excluding hydrogens is 578 g/mol. The molecule has 4 aromatic rings. The molecular formula is C32H35N7O6. The van der Waals surface area contributed by atoms with Crippen molar-refractivity contribution in [1.82, 2.24) is 25.5 Å². The summed E-state index contributed by atoms with van der Waals surface area (Å²) in [6, 6.07) is 14.7. The van der Waals surface area contributed by atoms with Gasteiger partial charge >= 0.3 is 12.1 Å². The van der Waals surface area contributed by atoms with Gasteiger partial charge in [-0.1, -0.05) is 30.3 Å². The second kappa shape index (κ2) is 12.8. The highest BCUT2D eigenvalue weighted by atomic mass is 16.6. The minimum Gasteiger partial charge on any atom is -0.451 e. The summed E-state index contributed by atoms with van der Waals surface area (Å²) in [5.74, 6) is 0.123. The zero-order chi connectivity index (χ0) is 32.2. The molecule has 0 saturated carbocycles. The number of esters is 1. The fourth-order valence-corrected chi connectivity index (χ4v) is 4.60. The van der Waals surface area contributed by atoms with Crippen LogP contribution in [0.2, 0.25) is 0 Å². The number of nitrogens with one attached hydrogen (secondary N) is 2. The number of aromatic nitrogens is 4. The minimum atomic E-state index is -0.765. The molecule has 1 amide bonds. The number of carbonyl (C=O) groups is 2. The van der Waals surface area contributed by atoms with Crippen molar-refractivity contribution in [2.24, 2.45) is 4.99 Å². The van der Waals surface area contributed by atoms with Crippen LogP contribution >= 0.6 is 0 Å². The fourth-order valence-electron chi connectivity index (χ4n) is 4.60. The Morgan fingerprint density at radius 2 is 1.91 bits per heavy atom. The van der Waals surface area contributed by atoms with Gasteiger partial charge in [0, 0.05) is 42.5 Å². The molecule has 5 rings (SSSR count). The van der Waals surface area contributed by atoms with Crippen LogP contribution in [-0.2, 0) is 21.5 Å². The SMILES string of the molecule is CC(C)(C)OC(=O)NCCc1nnc(-c2cnc(Nc3ccc4c(c3)C(C)(C)OC4=O)nc2N=CC(CO)c2ccccc2)o1. The second-order valence-electron chi connectivity index (χ2n) is 11.9. The molecule has 3 heterocycles. The zero-order valence-corrected chi connectivity index (χ0v) is 25.7. The van der Waals surface area contributed by atoms with Gasteiger partial charge in [0.15, 0.2) is 5.82 Å². The molecule has 0 aliphatic carbocycles. The van der Waals surface area contributed by atoms with E-state index in [-0.39, 0.29) is 55.0 Å². The Bertz CT molecular complexity index is 1710. The van der Waals surface area contributed by atoms with Gasteiger partial charge in [-0.15, -0.1) is 10.2 Å². The highest BCUT2D eigenvalue weighted by molar-refractivity contribution is 5.95. The third-order valence-corrected chi connectivity index (χ3v) is 6.77. The summed E-state index contributed by atoms with van der Waals surface area (Å²) in [6.07, 6.45) is 2.84. The number of hydrogen-bond acceptors (Lipinski definition) is 12. The van der Waals surface area contributed by atoms with Gasteiger partial charge in [-0.05, 0) is 58.4 Å². The number of rotatable bonds is 10. The van der Waals surface area contributed by atoms with E-state index in [0.717, 1.165) is 11.1 Å². The van der Waals surface area contributed by atoms with Crippen LogP contribution in [-0.4, -0.2) is 62.3 Å². The van der Waals surface area contributed by atoms with Gasteiger partial charge in [0.1, 0.15) is 16.8 Å². The standard InChI is InChI=1S/C32H35N7O6/c1-31(2,3)45-30(42)33-14-13-25-38-39-27(43-25)23-17-35-29(36-21-11-12-22-24(15-21)32(4,5)44-28(22)41)37-26(23)34-16-20(18-40)19-9-7-6-8-10-19/h6-12,15-17,20,40H,13-14,18H2,1-5H3,(H,33,42)(H,35,36,37). The van der Waals surface area contributed by atoms with E-state index < -0.39 is 17.3 Å². The van der Waals surface area contributed by atoms with Crippen LogP contribution in [0.5, 0.6) is 0 Å². The van der Waals surface area contributed by atoms with Gasteiger partial charge in [0.25, 0.3) is 5.89 Å². The number of amides is 1. The third kappa shape index (κ3) is 7.68. The van der Waals surface area contributed by atoms with Gasteiger partial charge in [0.2, 0.25) is 11.8 Å². The minimum absolute atomic E-state index is 0.135. The van der Waals surface area contributed by atoms with E-state index in [1.54, 1.807) is 39.1 Å². The summed E-state index contributed by atoms with van der Waals surface area (Å²) in [5.41, 5.74) is 1.79. The molecule has 1 aliphatic heterocycles. The number of alkyl carbamates (subject to hydrolysis) is 1. The summed E-state index contributed by atoms with van der Waals surface area (Å²) in [5, 5.41) is 24.1. The van der Waals surface area contributed by atoms with E-state index in [0.29, 0.717) is 16.8 Å². The van der Waals surface area contributed by atoms with E-state index in [4.69, 9.17) is 13.9 Å². The molecule has 45 heavy (non-hydrogen) atoms. The Balaban J connectivity index is 1.40. The Hall–Kier alpha value is -5.17. The highest BCUT2D eigenvalue weighted by Gasteiger charge is 2.37. The number of aliphatic imine (C=N–C) groups is 1. The van der Waals surface area contributed by atoms with E-state index >= 15 is 0 Å². The molecule has 0 spiro atoms. The van der Waals surface area contributed by atoms with Crippen LogP contribution in [0.25, 0.3) is 11.5 Å². The largest absolute Gasteiger partial charge is 0.451 e. The van der Waals surface area contributed by atoms with E-state index in [9.17, 15) is 14.7 Å². The molecule has 2 aromatic carbocycles. The number of fused-ring (bicyclic) bond motifs is 1. The summed E-state index contributed by atoms with van der Waals surface area (Å²) in [4.78, 5) is 37.8. The van der Waals surface area contributed by atoms with Gasteiger partial charge in [0.05, 0.1) is 12.2 Å². The molecule has 1 aliphatic rings. The molecule has 2 aromatic heterocycles. The van der Waals surface area contributed by atoms with Gasteiger partial charge in [-0.25, -0.2) is 19.6 Å². The summed E-state index contributed by atoms with van der Waals surface area (Å²) in [6.45, 7) is 9.07. The first-order chi connectivity index (χ1) is 21.4. The number of carbonyl (C=O) groups excluding carboxylic acids is 2. The van der Waals surface area contributed by atoms with Crippen molar-refractivity contribution in [3.8, 4) is 11.5 Å². The van der Waals surface area contributed by atoms with Crippen molar-refractivity contribution in [1.29, 1.82) is 0 Å². The van der Waals surface area contributed by atoms with Gasteiger partial charge < -0.3 is 29.6 Å². The summed E-state index contributed by atoms with van der Waals surface area (Å²) < 4.78 is 16.6. The number of anilines is 2. The van der Waals surface area contributed by atoms with Crippen molar-refractivity contribution < 1.29 is 28.6 Å². The number of ether oxygens (including phenoxy) is 2. The molecule has 0 fully saturated rings. The number of aliphatic hydroxyl groups is 1. The fraction of sp³-hybridized carbons (Fsp3) is 0.344. The lowest BCUT2D eigenvalue weighted by atomic mass is 9.95. The molecule has 0 bridgehead atoms. The molecule has 13 nitrogen and oxygen atoms in total. The lowest BCUT2D eigenvalue weighted by Crippen LogP contribution is -2.33. The van der Waals surface area contributed by atoms with Crippen LogP contribution in [0.1, 0.15) is 67.9 Å². The molecule has 1 unspecified atom stereocenters. The Kier molecular flexibility index (Phi) is 8.91. The van der Waals surface area contributed by atoms with E-state index in [1.807, 2.05) is 50.2 Å². The predicted octanol–water partition coefficient (Wildman–Crippen LogP) is 5.22. The lowest BCUT2D eigenvalue weighted by molar-refractivity contribution is 0.00951. The Labute approximate surface area is 260 Å². The smallest absolute Gasteiger partial charge is 0.407 e. The maximum absolute atomic E-state index is 12.2. The number of aliphatic hydroxyl groups excluding tert-OH is 1. The van der Waals surface area contributed by atoms with Crippen LogP contribution in [0.3, 0.4) is 0 Å². The normalized spacial score (nSPS) is 14.6. The Morgan fingerprint density at radius 3 is 2.64 bits per heavy atom. The second-order valence-corrected chi connectivity index (χ2v) is 11.9. The van der Waals surface area contributed by atoms with Gasteiger partial charge in [-0.2, -0.15) is 4.98 Å². The van der Waals surface area contributed by atoms with Crippen molar-refractivity contribution in [3.05, 3.63) is 77.3 Å². The lowest BCUT2D eigenvalue weighted by Gasteiger charge is -2.19. The highest BCUT2D eigenvalue weighted by Crippen LogP contribution is 2.38. The first-order valence-electron chi connectivity index (χ1n) is 14.4. The maximum atomic E-state index is 12.2. The number of cyclic esters (lactones) is 1. The first-order valence-corrected chi connectivity index (χ1v) is 14.4. The molecule has 0 radical (unpaired) electrons. The topological polar surface area (TPSA) is 174 Å². The zero-order valence-electron chi connectivity index (χ0n) is 25.7. The average Bonchev–Trinajstić information content (AvgIpc) is 3.54. The number of hydrogen-bond donors (Lipinski definition) is 3.